The Bertz CT molecular complexity index is 2080. The lowest BCUT2D eigenvalue weighted by Gasteiger charge is -2.34. The molecule has 258 valence electrons. The molecule has 50 heavy (non-hydrogen) atoms. The summed E-state index contributed by atoms with van der Waals surface area (Å²) in [5.74, 6) is -0.805. The van der Waals surface area contributed by atoms with Crippen molar-refractivity contribution in [3.8, 4) is 11.3 Å². The molecule has 0 radical (unpaired) electrons. The van der Waals surface area contributed by atoms with E-state index in [1.165, 1.54) is 30.2 Å². The molecule has 6 nitrogen and oxygen atoms in total. The molecule has 5 aromatic rings. The highest BCUT2D eigenvalue weighted by Crippen LogP contribution is 2.52. The first-order chi connectivity index (χ1) is 24.3. The normalized spacial score (nSPS) is 17.3. The minimum atomic E-state index is -3.87. The second-order valence-electron chi connectivity index (χ2n) is 13.7. The van der Waals surface area contributed by atoms with Crippen molar-refractivity contribution in [3.63, 3.8) is 0 Å². The molecule has 3 aliphatic heterocycles. The van der Waals surface area contributed by atoms with E-state index in [2.05, 4.69) is 52.8 Å². The Morgan fingerprint density at radius 3 is 1.90 bits per heavy atom. The second kappa shape index (κ2) is 13.5. The summed E-state index contributed by atoms with van der Waals surface area (Å²) in [5, 5.41) is 0.751. The maximum Gasteiger partial charge on any atom is 0.207 e. The fourth-order valence-corrected chi connectivity index (χ4v) is 11.1. The summed E-state index contributed by atoms with van der Waals surface area (Å²) in [6, 6.07) is 27.0. The number of hydrogen-bond acceptors (Lipinski definition) is 7. The Morgan fingerprint density at radius 2 is 1.34 bits per heavy atom. The molecule has 8 rings (SSSR count). The van der Waals surface area contributed by atoms with Crippen molar-refractivity contribution in [2.75, 3.05) is 47.4 Å². The molecule has 4 aromatic carbocycles. The third-order valence-corrected chi connectivity index (χ3v) is 13.6. The van der Waals surface area contributed by atoms with Crippen LogP contribution in [0.15, 0.2) is 94.7 Å². The summed E-state index contributed by atoms with van der Waals surface area (Å²) in [6.45, 7) is 8.51. The fraction of sp³-hybridized carbons (Fsp3) is 0.341. The van der Waals surface area contributed by atoms with Crippen LogP contribution in [0.3, 0.4) is 0 Å². The van der Waals surface area contributed by atoms with Crippen LogP contribution in [0, 0.1) is 12.7 Å². The molecular weight excluding hydrogens is 664 g/mol. The number of fused-ring (bicyclic) bond motifs is 2. The molecule has 3 aliphatic rings. The molecule has 0 aliphatic carbocycles. The Balaban J connectivity index is 1.37. The van der Waals surface area contributed by atoms with Gasteiger partial charge in [0.05, 0.1) is 15.5 Å². The summed E-state index contributed by atoms with van der Waals surface area (Å²) in [7, 11) is -3.87. The molecule has 9 heteroatoms. The molecule has 0 spiro atoms. The van der Waals surface area contributed by atoms with Gasteiger partial charge in [0.2, 0.25) is 9.84 Å². The van der Waals surface area contributed by atoms with Crippen LogP contribution in [-0.2, 0) is 9.84 Å². The van der Waals surface area contributed by atoms with Crippen LogP contribution >= 0.6 is 11.3 Å². The first-order valence-electron chi connectivity index (χ1n) is 18.0. The number of nitrogens with zero attached hydrogens (tertiary/aromatic N) is 4. The Kier molecular flexibility index (Phi) is 8.89. The lowest BCUT2D eigenvalue weighted by molar-refractivity contribution is 0.574. The monoisotopic (exact) mass is 706 g/mol. The fourth-order valence-electron chi connectivity index (χ4n) is 8.01. The average molecular weight is 707 g/mol. The predicted octanol–water partition coefficient (Wildman–Crippen LogP) is 9.72. The Labute approximate surface area is 299 Å². The second-order valence-corrected chi connectivity index (χ2v) is 16.6. The van der Waals surface area contributed by atoms with Crippen molar-refractivity contribution < 1.29 is 12.8 Å². The molecular formula is C41H43FN4O2S2. The van der Waals surface area contributed by atoms with Crippen molar-refractivity contribution in [2.45, 2.75) is 68.1 Å². The van der Waals surface area contributed by atoms with E-state index in [-0.39, 0.29) is 5.82 Å². The van der Waals surface area contributed by atoms with Crippen LogP contribution in [0.1, 0.15) is 72.9 Å². The smallest absolute Gasteiger partial charge is 0.207 e. The maximum absolute atomic E-state index is 15.8. The van der Waals surface area contributed by atoms with Crippen LogP contribution < -0.4 is 14.7 Å². The molecule has 0 saturated carbocycles. The van der Waals surface area contributed by atoms with E-state index in [4.69, 9.17) is 4.98 Å². The van der Waals surface area contributed by atoms with Gasteiger partial charge in [-0.3, -0.25) is 0 Å². The van der Waals surface area contributed by atoms with Gasteiger partial charge in [0.1, 0.15) is 5.82 Å². The molecule has 4 heterocycles. The molecule has 1 aromatic heterocycles. The van der Waals surface area contributed by atoms with E-state index < -0.39 is 15.8 Å². The number of thiazole rings is 1. The largest absolute Gasteiger partial charge is 0.372 e. The van der Waals surface area contributed by atoms with Crippen molar-refractivity contribution in [2.24, 2.45) is 0 Å². The topological polar surface area (TPSA) is 56.8 Å². The lowest BCUT2D eigenvalue weighted by Crippen LogP contribution is -2.30. The van der Waals surface area contributed by atoms with Gasteiger partial charge in [0, 0.05) is 66.1 Å². The van der Waals surface area contributed by atoms with Gasteiger partial charge in [-0.15, -0.1) is 0 Å². The number of piperidine rings is 2. The number of aryl methyl sites for hydroxylation is 1. The average Bonchev–Trinajstić information content (AvgIpc) is 3.57. The van der Waals surface area contributed by atoms with Gasteiger partial charge in [-0.25, -0.2) is 17.8 Å². The highest BCUT2D eigenvalue weighted by molar-refractivity contribution is 7.91. The van der Waals surface area contributed by atoms with Gasteiger partial charge in [0.25, 0.3) is 0 Å². The number of aromatic nitrogens is 1. The molecule has 0 bridgehead atoms. The number of hydrogen-bond donors (Lipinski definition) is 0. The minimum absolute atomic E-state index is 0.342. The summed E-state index contributed by atoms with van der Waals surface area (Å²) >= 11 is 1.53. The van der Waals surface area contributed by atoms with Crippen molar-refractivity contribution >= 4 is 43.4 Å². The van der Waals surface area contributed by atoms with Gasteiger partial charge >= 0.3 is 0 Å². The third kappa shape index (κ3) is 5.78. The Hall–Kier alpha value is -4.21. The zero-order chi connectivity index (χ0) is 34.4. The van der Waals surface area contributed by atoms with Crippen molar-refractivity contribution in [3.05, 3.63) is 112 Å². The Morgan fingerprint density at radius 1 is 0.780 bits per heavy atom. The zero-order valence-electron chi connectivity index (χ0n) is 28.7. The summed E-state index contributed by atoms with van der Waals surface area (Å²) < 4.78 is 45.4. The first kappa shape index (κ1) is 33.0. The van der Waals surface area contributed by atoms with Gasteiger partial charge in [-0.1, -0.05) is 53.8 Å². The van der Waals surface area contributed by atoms with Crippen LogP contribution in [0.5, 0.6) is 0 Å². The van der Waals surface area contributed by atoms with Gasteiger partial charge in [-0.05, 0) is 112 Å². The van der Waals surface area contributed by atoms with Gasteiger partial charge < -0.3 is 14.7 Å². The van der Waals surface area contributed by atoms with Crippen molar-refractivity contribution in [1.82, 2.24) is 4.98 Å². The minimum Gasteiger partial charge on any atom is -0.372 e. The summed E-state index contributed by atoms with van der Waals surface area (Å²) in [4.78, 5) is 13.5. The molecule has 0 atom stereocenters. The number of halogens is 1. The highest BCUT2D eigenvalue weighted by Gasteiger charge is 2.40. The van der Waals surface area contributed by atoms with Crippen molar-refractivity contribution in [1.29, 1.82) is 0 Å². The molecule has 2 saturated heterocycles. The number of rotatable bonds is 7. The SMILES string of the molecule is CCN(c1nc(-c2ccccc2F)c(C2c3ccc(N4CCCCC4)cc3S(=O)(=O)c3cc(N4CCCCC4)ccc32)s1)c1ccccc1C. The van der Waals surface area contributed by atoms with Crippen LogP contribution in [0.4, 0.5) is 26.6 Å². The van der Waals surface area contributed by atoms with E-state index in [1.54, 1.807) is 12.1 Å². The molecule has 0 N–H and O–H groups in total. The number of benzene rings is 4. The van der Waals surface area contributed by atoms with E-state index in [0.29, 0.717) is 27.6 Å². The van der Waals surface area contributed by atoms with Crippen LogP contribution in [0.2, 0.25) is 0 Å². The molecule has 0 unspecified atom stereocenters. The lowest BCUT2D eigenvalue weighted by atomic mass is 9.87. The van der Waals surface area contributed by atoms with Crippen LogP contribution in [-0.4, -0.2) is 46.1 Å². The zero-order valence-corrected chi connectivity index (χ0v) is 30.4. The van der Waals surface area contributed by atoms with E-state index in [0.717, 1.165) is 95.6 Å². The summed E-state index contributed by atoms with van der Waals surface area (Å²) in [5.41, 5.74) is 6.45. The summed E-state index contributed by atoms with van der Waals surface area (Å²) in [6.07, 6.45) is 6.77. The van der Waals surface area contributed by atoms with Gasteiger partial charge in [0.15, 0.2) is 5.13 Å². The standard InChI is InChI=1S/C41H43FN4O2S2/c1-3-46(35-17-9-6-14-28(35)2)41-43-39(31-15-7-8-16-34(31)42)40(49-41)38-32-20-18-29(44-22-10-4-11-23-44)26-36(32)50(47,48)37-27-30(19-21-33(37)38)45-24-12-5-13-25-45/h6-9,14-21,26-27,38H,3-5,10-13,22-25H2,1-2H3. The number of para-hydroxylation sites is 1. The van der Waals surface area contributed by atoms with E-state index >= 15 is 4.39 Å². The first-order valence-corrected chi connectivity index (χ1v) is 20.3. The number of anilines is 4. The third-order valence-electron chi connectivity index (χ3n) is 10.6. The van der Waals surface area contributed by atoms with E-state index in [1.807, 2.05) is 42.5 Å². The molecule has 2 fully saturated rings. The van der Waals surface area contributed by atoms with E-state index in [9.17, 15) is 8.42 Å². The molecule has 0 amide bonds. The highest BCUT2D eigenvalue weighted by atomic mass is 32.2. The predicted molar refractivity (Wildman–Crippen MR) is 203 cm³/mol. The quantitative estimate of drug-likeness (QED) is 0.165. The maximum atomic E-state index is 15.8. The number of sulfone groups is 1. The van der Waals surface area contributed by atoms with Crippen LogP contribution in [0.25, 0.3) is 11.3 Å². The van der Waals surface area contributed by atoms with Gasteiger partial charge in [-0.2, -0.15) is 0 Å².